The molecule has 1 aliphatic heterocycles. The SMILES string of the molecule is CNC(=O)c1cc(C)c(-c2ccc(F)c3c2CC[C@H]3Oc2ccc3c(c2)OCC3CC(=O)OC)c(C)c1. The molecule has 1 heterocycles. The zero-order valence-electron chi connectivity index (χ0n) is 21.4. The van der Waals surface area contributed by atoms with E-state index in [1.165, 1.54) is 13.2 Å². The molecule has 2 aliphatic rings. The molecule has 192 valence electrons. The highest BCUT2D eigenvalue weighted by Gasteiger charge is 2.32. The van der Waals surface area contributed by atoms with Crippen molar-refractivity contribution in [2.24, 2.45) is 0 Å². The van der Waals surface area contributed by atoms with Gasteiger partial charge in [0, 0.05) is 35.7 Å². The van der Waals surface area contributed by atoms with Crippen molar-refractivity contribution in [1.82, 2.24) is 5.32 Å². The van der Waals surface area contributed by atoms with E-state index in [9.17, 15) is 9.59 Å². The van der Waals surface area contributed by atoms with Crippen LogP contribution in [0.4, 0.5) is 4.39 Å². The summed E-state index contributed by atoms with van der Waals surface area (Å²) in [5, 5.41) is 2.67. The highest BCUT2D eigenvalue weighted by molar-refractivity contribution is 5.95. The highest BCUT2D eigenvalue weighted by atomic mass is 19.1. The number of hydrogen-bond acceptors (Lipinski definition) is 5. The number of carbonyl (C=O) groups excluding carboxylic acids is 2. The van der Waals surface area contributed by atoms with Crippen molar-refractivity contribution in [3.63, 3.8) is 0 Å². The second kappa shape index (κ2) is 9.88. The van der Waals surface area contributed by atoms with Crippen molar-refractivity contribution < 1.29 is 28.2 Å². The molecule has 37 heavy (non-hydrogen) atoms. The van der Waals surface area contributed by atoms with E-state index in [0.717, 1.165) is 33.4 Å². The number of fused-ring (bicyclic) bond motifs is 2. The molecule has 0 fully saturated rings. The number of carbonyl (C=O) groups is 2. The molecular weight excluding hydrogens is 473 g/mol. The fraction of sp³-hybridized carbons (Fsp3) is 0.333. The molecule has 0 radical (unpaired) electrons. The molecule has 5 rings (SSSR count). The summed E-state index contributed by atoms with van der Waals surface area (Å²) in [5.41, 5.74) is 7.01. The second-order valence-corrected chi connectivity index (χ2v) is 9.68. The molecule has 1 N–H and O–H groups in total. The Morgan fingerprint density at radius 1 is 1.11 bits per heavy atom. The van der Waals surface area contributed by atoms with E-state index in [1.807, 2.05) is 50.2 Å². The minimum atomic E-state index is -0.425. The third-order valence-corrected chi connectivity index (χ3v) is 7.36. The number of amides is 1. The average Bonchev–Trinajstić information content (AvgIpc) is 3.49. The van der Waals surface area contributed by atoms with Gasteiger partial charge in [0.15, 0.2) is 0 Å². The normalized spacial score (nSPS) is 17.5. The van der Waals surface area contributed by atoms with Crippen LogP contribution in [-0.4, -0.2) is 32.6 Å². The summed E-state index contributed by atoms with van der Waals surface area (Å²) in [6.45, 7) is 4.37. The predicted molar refractivity (Wildman–Crippen MR) is 138 cm³/mol. The number of ether oxygens (including phenoxy) is 3. The van der Waals surface area contributed by atoms with E-state index < -0.39 is 6.10 Å². The second-order valence-electron chi connectivity index (χ2n) is 9.68. The number of halogens is 1. The molecule has 0 aromatic heterocycles. The van der Waals surface area contributed by atoms with Crippen LogP contribution >= 0.6 is 0 Å². The van der Waals surface area contributed by atoms with Crippen LogP contribution in [0.3, 0.4) is 0 Å². The fourth-order valence-electron chi connectivity index (χ4n) is 5.64. The molecule has 0 saturated carbocycles. The van der Waals surface area contributed by atoms with Crippen LogP contribution in [0.5, 0.6) is 11.5 Å². The molecular formula is C30H30FNO5. The zero-order valence-corrected chi connectivity index (χ0v) is 21.4. The summed E-state index contributed by atoms with van der Waals surface area (Å²) in [6.07, 6.45) is 1.18. The molecule has 2 atom stereocenters. The van der Waals surface area contributed by atoms with Gasteiger partial charge in [0.05, 0.1) is 20.1 Å². The summed E-state index contributed by atoms with van der Waals surface area (Å²) in [7, 11) is 2.99. The first-order chi connectivity index (χ1) is 17.8. The summed E-state index contributed by atoms with van der Waals surface area (Å²) >= 11 is 0. The third-order valence-electron chi connectivity index (χ3n) is 7.36. The minimum absolute atomic E-state index is 0.0509. The van der Waals surface area contributed by atoms with Crippen LogP contribution in [0, 0.1) is 19.7 Å². The molecule has 7 heteroatoms. The number of nitrogens with one attached hydrogen (secondary N) is 1. The van der Waals surface area contributed by atoms with Gasteiger partial charge in [-0.1, -0.05) is 12.1 Å². The van der Waals surface area contributed by atoms with E-state index in [1.54, 1.807) is 7.05 Å². The first-order valence-corrected chi connectivity index (χ1v) is 12.5. The summed E-state index contributed by atoms with van der Waals surface area (Å²) in [4.78, 5) is 23.9. The Bertz CT molecular complexity index is 1380. The van der Waals surface area contributed by atoms with E-state index in [4.69, 9.17) is 14.2 Å². The van der Waals surface area contributed by atoms with Gasteiger partial charge in [-0.25, -0.2) is 4.39 Å². The number of hydrogen-bond donors (Lipinski definition) is 1. The molecule has 0 bridgehead atoms. The lowest BCUT2D eigenvalue weighted by atomic mass is 9.89. The van der Waals surface area contributed by atoms with E-state index in [-0.39, 0.29) is 30.0 Å². The van der Waals surface area contributed by atoms with Gasteiger partial charge in [0.2, 0.25) is 0 Å². The smallest absolute Gasteiger partial charge is 0.306 e. The lowest BCUT2D eigenvalue weighted by Gasteiger charge is -2.19. The molecule has 1 unspecified atom stereocenters. The number of methoxy groups -OCH3 is 1. The van der Waals surface area contributed by atoms with Gasteiger partial charge in [-0.15, -0.1) is 0 Å². The topological polar surface area (TPSA) is 73.9 Å². The lowest BCUT2D eigenvalue weighted by Crippen LogP contribution is -2.18. The van der Waals surface area contributed by atoms with Crippen molar-refractivity contribution in [3.8, 4) is 22.6 Å². The molecule has 3 aromatic rings. The van der Waals surface area contributed by atoms with Crippen LogP contribution in [0.25, 0.3) is 11.1 Å². The van der Waals surface area contributed by atoms with Gasteiger partial charge in [-0.3, -0.25) is 9.59 Å². The number of rotatable bonds is 6. The van der Waals surface area contributed by atoms with E-state index >= 15 is 4.39 Å². The Labute approximate surface area is 215 Å². The Balaban J connectivity index is 1.43. The van der Waals surface area contributed by atoms with Gasteiger partial charge in [-0.2, -0.15) is 0 Å². The molecule has 6 nitrogen and oxygen atoms in total. The predicted octanol–water partition coefficient (Wildman–Crippen LogP) is 5.57. The van der Waals surface area contributed by atoms with Crippen LogP contribution < -0.4 is 14.8 Å². The van der Waals surface area contributed by atoms with E-state index in [0.29, 0.717) is 42.1 Å². The van der Waals surface area contributed by atoms with Gasteiger partial charge in [0.25, 0.3) is 5.91 Å². The number of aryl methyl sites for hydroxylation is 2. The monoisotopic (exact) mass is 503 g/mol. The first-order valence-electron chi connectivity index (χ1n) is 12.5. The standard InChI is InChI=1S/C30H30FNO5/c1-16-11-18(30(34)32-3)12-17(2)28(16)22-7-9-24(31)29-23(22)8-10-25(29)37-20-5-6-21-19(13-27(33)35-4)15-36-26(21)14-20/h5-7,9,11-12,14,19,25H,8,10,13,15H2,1-4H3,(H,32,34)/t19?,25-/m1/s1. The maximum Gasteiger partial charge on any atom is 0.306 e. The fourth-order valence-corrected chi connectivity index (χ4v) is 5.64. The maximum atomic E-state index is 15.2. The highest BCUT2D eigenvalue weighted by Crippen LogP contribution is 2.45. The maximum absolute atomic E-state index is 15.2. The number of esters is 1. The summed E-state index contributed by atoms with van der Waals surface area (Å²) in [6, 6.07) is 12.7. The van der Waals surface area contributed by atoms with E-state index in [2.05, 4.69) is 5.32 Å². The third kappa shape index (κ3) is 4.54. The largest absolute Gasteiger partial charge is 0.492 e. The Kier molecular flexibility index (Phi) is 6.63. The quantitative estimate of drug-likeness (QED) is 0.445. The van der Waals surface area contributed by atoms with Crippen molar-refractivity contribution in [2.45, 2.75) is 45.1 Å². The van der Waals surface area contributed by atoms with Crippen molar-refractivity contribution in [3.05, 3.63) is 81.7 Å². The van der Waals surface area contributed by atoms with Crippen molar-refractivity contribution >= 4 is 11.9 Å². The molecule has 1 aliphatic carbocycles. The van der Waals surface area contributed by atoms with Crippen LogP contribution in [0.2, 0.25) is 0 Å². The van der Waals surface area contributed by atoms with Gasteiger partial charge >= 0.3 is 5.97 Å². The van der Waals surface area contributed by atoms with Crippen LogP contribution in [0.1, 0.15) is 63.0 Å². The Morgan fingerprint density at radius 2 is 1.86 bits per heavy atom. The molecule has 1 amide bonds. The van der Waals surface area contributed by atoms with Gasteiger partial charge < -0.3 is 19.5 Å². The van der Waals surface area contributed by atoms with Gasteiger partial charge in [-0.05, 0) is 78.8 Å². The van der Waals surface area contributed by atoms with Gasteiger partial charge in [0.1, 0.15) is 23.4 Å². The van der Waals surface area contributed by atoms with Crippen LogP contribution in [0.15, 0.2) is 42.5 Å². The van der Waals surface area contributed by atoms with Crippen molar-refractivity contribution in [1.29, 1.82) is 0 Å². The number of benzene rings is 3. The van der Waals surface area contributed by atoms with Crippen LogP contribution in [-0.2, 0) is 16.0 Å². The Hall–Kier alpha value is -3.87. The first kappa shape index (κ1) is 24.8. The summed E-state index contributed by atoms with van der Waals surface area (Å²) < 4.78 is 32.1. The molecule has 0 spiro atoms. The molecule has 0 saturated heterocycles. The average molecular weight is 504 g/mol. The zero-order chi connectivity index (χ0) is 26.3. The summed E-state index contributed by atoms with van der Waals surface area (Å²) in [5.74, 6) is 0.539. The van der Waals surface area contributed by atoms with Crippen molar-refractivity contribution in [2.75, 3.05) is 20.8 Å². The Morgan fingerprint density at radius 3 is 2.57 bits per heavy atom. The lowest BCUT2D eigenvalue weighted by molar-refractivity contribution is -0.141. The minimum Gasteiger partial charge on any atom is -0.492 e. The molecule has 3 aromatic carbocycles.